The Labute approximate surface area is 156 Å². The van der Waals surface area contributed by atoms with E-state index in [0.717, 1.165) is 9.87 Å². The number of carbonyl (C=O) groups is 1. The average Bonchev–Trinajstić information content (AvgIpc) is 3.10. The van der Waals surface area contributed by atoms with Gasteiger partial charge in [0.2, 0.25) is 15.9 Å². The van der Waals surface area contributed by atoms with Gasteiger partial charge in [-0.2, -0.15) is 0 Å². The quantitative estimate of drug-likeness (QED) is 0.722. The SMILES string of the molecule is Cc1ccc(C(=O)Nc2nnc(-c3ccc(S(=O)(=O)N(C)C)cc3)o2)cc1. The molecule has 0 saturated carbocycles. The van der Waals surface area contributed by atoms with Gasteiger partial charge < -0.3 is 4.42 Å². The number of nitrogens with zero attached hydrogens (tertiary/aromatic N) is 3. The van der Waals surface area contributed by atoms with Crippen LogP contribution in [-0.4, -0.2) is 42.9 Å². The molecule has 1 N–H and O–H groups in total. The van der Waals surface area contributed by atoms with E-state index in [-0.39, 0.29) is 22.7 Å². The topological polar surface area (TPSA) is 105 Å². The fraction of sp³-hybridized carbons (Fsp3) is 0.167. The highest BCUT2D eigenvalue weighted by Crippen LogP contribution is 2.23. The first-order chi connectivity index (χ1) is 12.8. The Morgan fingerprint density at radius 1 is 1.00 bits per heavy atom. The Kier molecular flexibility index (Phi) is 5.06. The maximum absolute atomic E-state index is 12.2. The second kappa shape index (κ2) is 7.29. The first kappa shape index (κ1) is 18.7. The van der Waals surface area contributed by atoms with Gasteiger partial charge in [-0.1, -0.05) is 22.8 Å². The van der Waals surface area contributed by atoms with Crippen LogP contribution < -0.4 is 5.32 Å². The Balaban J connectivity index is 1.76. The monoisotopic (exact) mass is 386 g/mol. The molecule has 9 heteroatoms. The van der Waals surface area contributed by atoms with Crippen LogP contribution >= 0.6 is 0 Å². The third kappa shape index (κ3) is 4.04. The third-order valence-electron chi connectivity index (χ3n) is 3.84. The van der Waals surface area contributed by atoms with Crippen LogP contribution in [0.2, 0.25) is 0 Å². The molecule has 0 spiro atoms. The van der Waals surface area contributed by atoms with Crippen LogP contribution in [0.3, 0.4) is 0 Å². The summed E-state index contributed by atoms with van der Waals surface area (Å²) in [4.78, 5) is 12.3. The minimum absolute atomic E-state index is 0.0411. The van der Waals surface area contributed by atoms with Gasteiger partial charge in [0, 0.05) is 25.2 Å². The van der Waals surface area contributed by atoms with Crippen LogP contribution in [-0.2, 0) is 10.0 Å². The van der Waals surface area contributed by atoms with Gasteiger partial charge in [0.15, 0.2) is 0 Å². The lowest BCUT2D eigenvalue weighted by Gasteiger charge is -2.11. The highest BCUT2D eigenvalue weighted by Gasteiger charge is 2.18. The van der Waals surface area contributed by atoms with E-state index in [2.05, 4.69) is 15.5 Å². The molecule has 0 bridgehead atoms. The molecule has 3 aromatic rings. The smallest absolute Gasteiger partial charge is 0.322 e. The Morgan fingerprint density at radius 2 is 1.63 bits per heavy atom. The third-order valence-corrected chi connectivity index (χ3v) is 5.67. The fourth-order valence-electron chi connectivity index (χ4n) is 2.24. The predicted octanol–water partition coefficient (Wildman–Crippen LogP) is 2.55. The minimum atomic E-state index is -3.51. The van der Waals surface area contributed by atoms with Crippen LogP contribution in [0.4, 0.5) is 6.01 Å². The van der Waals surface area contributed by atoms with Crippen molar-refractivity contribution in [3.63, 3.8) is 0 Å². The van der Waals surface area contributed by atoms with Gasteiger partial charge in [-0.05, 0) is 43.3 Å². The lowest BCUT2D eigenvalue weighted by atomic mass is 10.1. The number of sulfonamides is 1. The summed E-state index contributed by atoms with van der Waals surface area (Å²) in [6, 6.07) is 13.1. The number of aryl methyl sites for hydroxylation is 1. The summed E-state index contributed by atoms with van der Waals surface area (Å²) in [6.07, 6.45) is 0. The van der Waals surface area contributed by atoms with Crippen molar-refractivity contribution >= 4 is 21.9 Å². The lowest BCUT2D eigenvalue weighted by molar-refractivity contribution is 0.102. The molecular formula is C18H18N4O4S. The molecule has 3 rings (SSSR count). The Bertz CT molecular complexity index is 1060. The van der Waals surface area contributed by atoms with Crippen LogP contribution in [0, 0.1) is 6.92 Å². The largest absolute Gasteiger partial charge is 0.403 e. The number of hydrogen-bond acceptors (Lipinski definition) is 6. The summed E-state index contributed by atoms with van der Waals surface area (Å²) in [5.74, 6) is -0.194. The van der Waals surface area contributed by atoms with E-state index in [1.54, 1.807) is 24.3 Å². The molecule has 1 aromatic heterocycles. The zero-order valence-corrected chi connectivity index (χ0v) is 15.8. The number of anilines is 1. The van der Waals surface area contributed by atoms with Gasteiger partial charge in [0.05, 0.1) is 4.90 Å². The van der Waals surface area contributed by atoms with E-state index in [9.17, 15) is 13.2 Å². The second-order valence-corrected chi connectivity index (χ2v) is 8.20. The molecule has 0 aliphatic heterocycles. The molecule has 27 heavy (non-hydrogen) atoms. The number of aromatic nitrogens is 2. The van der Waals surface area contributed by atoms with Crippen molar-refractivity contribution in [2.24, 2.45) is 0 Å². The summed E-state index contributed by atoms with van der Waals surface area (Å²) in [7, 11) is -0.585. The number of carbonyl (C=O) groups excluding carboxylic acids is 1. The molecule has 140 valence electrons. The summed E-state index contributed by atoms with van der Waals surface area (Å²) in [6.45, 7) is 1.93. The number of rotatable bonds is 5. The van der Waals surface area contributed by atoms with Gasteiger partial charge in [-0.15, -0.1) is 5.10 Å². The first-order valence-corrected chi connectivity index (χ1v) is 9.46. The van der Waals surface area contributed by atoms with E-state index >= 15 is 0 Å². The molecule has 2 aromatic carbocycles. The molecule has 0 unspecified atom stereocenters. The van der Waals surface area contributed by atoms with E-state index in [0.29, 0.717) is 11.1 Å². The molecule has 1 heterocycles. The average molecular weight is 386 g/mol. The van der Waals surface area contributed by atoms with Gasteiger partial charge >= 0.3 is 6.01 Å². The van der Waals surface area contributed by atoms with Gasteiger partial charge in [0.1, 0.15) is 0 Å². The van der Waals surface area contributed by atoms with Crippen LogP contribution in [0.15, 0.2) is 57.8 Å². The van der Waals surface area contributed by atoms with Crippen LogP contribution in [0.5, 0.6) is 0 Å². The standard InChI is InChI=1S/C18H18N4O4S/c1-12-4-6-13(7-5-12)16(23)19-18-21-20-17(26-18)14-8-10-15(11-9-14)27(24,25)22(2)3/h4-11H,1-3H3,(H,19,21,23). The summed E-state index contributed by atoms with van der Waals surface area (Å²) < 4.78 is 30.8. The molecule has 0 aliphatic rings. The van der Waals surface area contributed by atoms with E-state index in [4.69, 9.17) is 4.42 Å². The molecule has 0 radical (unpaired) electrons. The van der Waals surface area contributed by atoms with Crippen molar-refractivity contribution in [2.75, 3.05) is 19.4 Å². The molecule has 1 amide bonds. The first-order valence-electron chi connectivity index (χ1n) is 8.02. The van der Waals surface area contributed by atoms with Crippen molar-refractivity contribution in [1.29, 1.82) is 0 Å². The highest BCUT2D eigenvalue weighted by molar-refractivity contribution is 7.89. The zero-order chi connectivity index (χ0) is 19.6. The van der Waals surface area contributed by atoms with Crippen molar-refractivity contribution in [2.45, 2.75) is 11.8 Å². The number of amides is 1. The van der Waals surface area contributed by atoms with Crippen molar-refractivity contribution in [3.8, 4) is 11.5 Å². The molecular weight excluding hydrogens is 368 g/mol. The number of hydrogen-bond donors (Lipinski definition) is 1. The number of benzene rings is 2. The Hall–Kier alpha value is -3.04. The van der Waals surface area contributed by atoms with Crippen molar-refractivity contribution < 1.29 is 17.6 Å². The molecule has 8 nitrogen and oxygen atoms in total. The molecule has 0 aliphatic carbocycles. The minimum Gasteiger partial charge on any atom is -0.403 e. The maximum atomic E-state index is 12.2. The van der Waals surface area contributed by atoms with E-state index < -0.39 is 10.0 Å². The second-order valence-electron chi connectivity index (χ2n) is 6.04. The van der Waals surface area contributed by atoms with Crippen LogP contribution in [0.1, 0.15) is 15.9 Å². The highest BCUT2D eigenvalue weighted by atomic mass is 32.2. The van der Waals surface area contributed by atoms with Crippen molar-refractivity contribution in [3.05, 3.63) is 59.7 Å². The van der Waals surface area contributed by atoms with Gasteiger partial charge in [0.25, 0.3) is 5.91 Å². The molecule has 0 atom stereocenters. The summed E-state index contributed by atoms with van der Waals surface area (Å²) >= 11 is 0. The van der Waals surface area contributed by atoms with Crippen LogP contribution in [0.25, 0.3) is 11.5 Å². The fourth-order valence-corrected chi connectivity index (χ4v) is 3.15. The van der Waals surface area contributed by atoms with E-state index in [1.807, 2.05) is 19.1 Å². The van der Waals surface area contributed by atoms with E-state index in [1.165, 1.54) is 26.2 Å². The predicted molar refractivity (Wildman–Crippen MR) is 99.7 cm³/mol. The zero-order valence-electron chi connectivity index (χ0n) is 15.0. The maximum Gasteiger partial charge on any atom is 0.322 e. The van der Waals surface area contributed by atoms with Gasteiger partial charge in [-0.25, -0.2) is 12.7 Å². The van der Waals surface area contributed by atoms with Crippen molar-refractivity contribution in [1.82, 2.24) is 14.5 Å². The summed E-state index contributed by atoms with van der Waals surface area (Å²) in [5.41, 5.74) is 2.06. The normalized spacial score (nSPS) is 11.6. The molecule has 0 saturated heterocycles. The van der Waals surface area contributed by atoms with Gasteiger partial charge in [-0.3, -0.25) is 10.1 Å². The Morgan fingerprint density at radius 3 is 2.22 bits per heavy atom. The summed E-state index contributed by atoms with van der Waals surface area (Å²) in [5, 5.41) is 10.2. The lowest BCUT2D eigenvalue weighted by Crippen LogP contribution is -2.22. The number of nitrogens with one attached hydrogen (secondary N) is 1. The molecule has 0 fully saturated rings.